The van der Waals surface area contributed by atoms with Crippen molar-refractivity contribution in [3.05, 3.63) is 53.3 Å². The van der Waals surface area contributed by atoms with Crippen LogP contribution in [0.2, 0.25) is 5.02 Å². The molecule has 2 heterocycles. The van der Waals surface area contributed by atoms with E-state index in [9.17, 15) is 4.79 Å². The summed E-state index contributed by atoms with van der Waals surface area (Å²) >= 11 is 6.01. The molecule has 0 aliphatic carbocycles. The lowest BCUT2D eigenvalue weighted by atomic mass is 10.1. The molecule has 6 nitrogen and oxygen atoms in total. The van der Waals surface area contributed by atoms with Crippen molar-refractivity contribution in [1.29, 1.82) is 0 Å². The monoisotopic (exact) mass is 359 g/mol. The predicted molar refractivity (Wildman–Crippen MR) is 98.7 cm³/mol. The Bertz CT molecular complexity index is 704. The molecule has 1 amide bonds. The molecule has 25 heavy (non-hydrogen) atoms. The summed E-state index contributed by atoms with van der Waals surface area (Å²) in [5.41, 5.74) is 1.01. The molecule has 2 aromatic rings. The maximum Gasteiger partial charge on any atom is 0.234 e. The Labute approximate surface area is 152 Å². The molecular formula is C18H22ClN5O. The molecule has 0 spiro atoms. The summed E-state index contributed by atoms with van der Waals surface area (Å²) in [7, 11) is 0. The van der Waals surface area contributed by atoms with Gasteiger partial charge in [-0.3, -0.25) is 9.69 Å². The zero-order chi connectivity index (χ0) is 17.6. The highest BCUT2D eigenvalue weighted by Gasteiger charge is 2.21. The first-order valence-electron chi connectivity index (χ1n) is 8.41. The fraction of sp³-hybridized carbons (Fsp3) is 0.389. The largest absolute Gasteiger partial charge is 0.348 e. The Hall–Kier alpha value is -2.18. The van der Waals surface area contributed by atoms with E-state index >= 15 is 0 Å². The minimum atomic E-state index is -0.0646. The van der Waals surface area contributed by atoms with Gasteiger partial charge < -0.3 is 10.2 Å². The second-order valence-corrected chi connectivity index (χ2v) is 6.59. The lowest BCUT2D eigenvalue weighted by Gasteiger charge is -2.34. The van der Waals surface area contributed by atoms with Crippen LogP contribution < -0.4 is 10.2 Å². The maximum atomic E-state index is 12.3. The lowest BCUT2D eigenvalue weighted by molar-refractivity contribution is -0.123. The maximum absolute atomic E-state index is 12.3. The van der Waals surface area contributed by atoms with Crippen molar-refractivity contribution >= 4 is 23.5 Å². The Morgan fingerprint density at radius 2 is 1.92 bits per heavy atom. The number of carbonyl (C=O) groups excluding carboxylic acids is 1. The molecule has 1 N–H and O–H groups in total. The number of hydrogen-bond acceptors (Lipinski definition) is 5. The Morgan fingerprint density at radius 1 is 1.20 bits per heavy atom. The Kier molecular flexibility index (Phi) is 5.83. The van der Waals surface area contributed by atoms with Crippen molar-refractivity contribution in [2.45, 2.75) is 13.0 Å². The summed E-state index contributed by atoms with van der Waals surface area (Å²) < 4.78 is 0. The standard InChI is InChI=1S/C18H22ClN5O/c1-14(15-4-2-5-16(19)12-15)22-17(25)13-23-8-10-24(11-9-23)18-20-6-3-7-21-18/h2-7,12,14H,8-11,13H2,1H3,(H,22,25)/t14-/m0/s1. The summed E-state index contributed by atoms with van der Waals surface area (Å²) in [6.07, 6.45) is 3.50. The van der Waals surface area contributed by atoms with Gasteiger partial charge in [-0.25, -0.2) is 9.97 Å². The summed E-state index contributed by atoms with van der Waals surface area (Å²) in [6.45, 7) is 5.64. The van der Waals surface area contributed by atoms with Gasteiger partial charge in [0.2, 0.25) is 11.9 Å². The predicted octanol–water partition coefficient (Wildman–Crippen LogP) is 2.13. The van der Waals surface area contributed by atoms with Gasteiger partial charge >= 0.3 is 0 Å². The normalized spacial score (nSPS) is 16.5. The molecule has 1 aliphatic rings. The van der Waals surface area contributed by atoms with Gasteiger partial charge in [-0.15, -0.1) is 0 Å². The molecule has 0 unspecified atom stereocenters. The van der Waals surface area contributed by atoms with Crippen LogP contribution in [-0.4, -0.2) is 53.5 Å². The number of aromatic nitrogens is 2. The van der Waals surface area contributed by atoms with Crippen LogP contribution in [0.1, 0.15) is 18.5 Å². The number of piperazine rings is 1. The van der Waals surface area contributed by atoms with Crippen LogP contribution in [0.4, 0.5) is 5.95 Å². The van der Waals surface area contributed by atoms with E-state index in [0.717, 1.165) is 37.7 Å². The van der Waals surface area contributed by atoms with Gasteiger partial charge in [0.15, 0.2) is 0 Å². The minimum absolute atomic E-state index is 0.0249. The molecule has 1 fully saturated rings. The van der Waals surface area contributed by atoms with E-state index < -0.39 is 0 Å². The highest BCUT2D eigenvalue weighted by Crippen LogP contribution is 2.17. The van der Waals surface area contributed by atoms with E-state index in [4.69, 9.17) is 11.6 Å². The molecule has 1 atom stereocenters. The van der Waals surface area contributed by atoms with Crippen molar-refractivity contribution in [2.24, 2.45) is 0 Å². The minimum Gasteiger partial charge on any atom is -0.348 e. The molecule has 3 rings (SSSR count). The number of carbonyl (C=O) groups is 1. The van der Waals surface area contributed by atoms with Gasteiger partial charge in [-0.2, -0.15) is 0 Å². The molecule has 0 bridgehead atoms. The summed E-state index contributed by atoms with van der Waals surface area (Å²) in [5, 5.41) is 3.71. The second-order valence-electron chi connectivity index (χ2n) is 6.16. The van der Waals surface area contributed by atoms with Gasteiger partial charge in [0.1, 0.15) is 0 Å². The molecule has 1 saturated heterocycles. The first kappa shape index (κ1) is 17.6. The van der Waals surface area contributed by atoms with E-state index in [2.05, 4.69) is 25.1 Å². The highest BCUT2D eigenvalue weighted by atomic mass is 35.5. The molecular weight excluding hydrogens is 338 g/mol. The van der Waals surface area contributed by atoms with E-state index in [-0.39, 0.29) is 11.9 Å². The van der Waals surface area contributed by atoms with Crippen LogP contribution in [0.5, 0.6) is 0 Å². The fourth-order valence-electron chi connectivity index (χ4n) is 2.91. The quantitative estimate of drug-likeness (QED) is 0.886. The summed E-state index contributed by atoms with van der Waals surface area (Å²) in [6, 6.07) is 9.32. The first-order valence-corrected chi connectivity index (χ1v) is 8.79. The number of halogens is 1. The van der Waals surface area contributed by atoms with Gasteiger partial charge in [0.25, 0.3) is 0 Å². The molecule has 1 aromatic heterocycles. The van der Waals surface area contributed by atoms with E-state index in [1.54, 1.807) is 12.4 Å². The van der Waals surface area contributed by atoms with Gasteiger partial charge in [-0.05, 0) is 30.7 Å². The van der Waals surface area contributed by atoms with Gasteiger partial charge in [0.05, 0.1) is 12.6 Å². The molecule has 1 aliphatic heterocycles. The van der Waals surface area contributed by atoms with Crippen LogP contribution in [-0.2, 0) is 4.79 Å². The van der Waals surface area contributed by atoms with Crippen molar-refractivity contribution in [3.8, 4) is 0 Å². The average molecular weight is 360 g/mol. The van der Waals surface area contributed by atoms with Crippen molar-refractivity contribution < 1.29 is 4.79 Å². The Balaban J connectivity index is 1.46. The second kappa shape index (κ2) is 8.27. The topological polar surface area (TPSA) is 61.4 Å². The number of anilines is 1. The van der Waals surface area contributed by atoms with Crippen molar-refractivity contribution in [3.63, 3.8) is 0 Å². The zero-order valence-electron chi connectivity index (χ0n) is 14.2. The SMILES string of the molecule is C[C@H](NC(=O)CN1CCN(c2ncccn2)CC1)c1cccc(Cl)c1. The average Bonchev–Trinajstić information content (AvgIpc) is 2.63. The summed E-state index contributed by atoms with van der Waals surface area (Å²) in [4.78, 5) is 25.2. The first-order chi connectivity index (χ1) is 12.1. The number of benzene rings is 1. The Morgan fingerprint density at radius 3 is 2.60 bits per heavy atom. The summed E-state index contributed by atoms with van der Waals surface area (Å²) in [5.74, 6) is 0.776. The third-order valence-electron chi connectivity index (χ3n) is 4.30. The van der Waals surface area contributed by atoms with Gasteiger partial charge in [-0.1, -0.05) is 23.7 Å². The van der Waals surface area contributed by atoms with Crippen LogP contribution >= 0.6 is 11.6 Å². The molecule has 7 heteroatoms. The number of rotatable bonds is 5. The van der Waals surface area contributed by atoms with Crippen molar-refractivity contribution in [2.75, 3.05) is 37.6 Å². The number of hydrogen-bond donors (Lipinski definition) is 1. The van der Waals surface area contributed by atoms with Crippen LogP contribution in [0.25, 0.3) is 0 Å². The van der Waals surface area contributed by atoms with E-state index in [1.165, 1.54) is 0 Å². The highest BCUT2D eigenvalue weighted by molar-refractivity contribution is 6.30. The van der Waals surface area contributed by atoms with Crippen LogP contribution in [0.3, 0.4) is 0 Å². The molecule has 0 radical (unpaired) electrons. The van der Waals surface area contributed by atoms with Gasteiger partial charge in [0, 0.05) is 43.6 Å². The zero-order valence-corrected chi connectivity index (χ0v) is 15.0. The smallest absolute Gasteiger partial charge is 0.234 e. The van der Waals surface area contributed by atoms with Crippen LogP contribution in [0.15, 0.2) is 42.7 Å². The third-order valence-corrected chi connectivity index (χ3v) is 4.54. The molecule has 1 aromatic carbocycles. The lowest BCUT2D eigenvalue weighted by Crippen LogP contribution is -2.50. The fourth-order valence-corrected chi connectivity index (χ4v) is 3.11. The number of amides is 1. The van der Waals surface area contributed by atoms with E-state index in [1.807, 2.05) is 37.3 Å². The van der Waals surface area contributed by atoms with Crippen LogP contribution in [0, 0.1) is 0 Å². The third kappa shape index (κ3) is 4.90. The molecule has 0 saturated carbocycles. The number of nitrogens with one attached hydrogen (secondary N) is 1. The van der Waals surface area contributed by atoms with Crippen molar-refractivity contribution in [1.82, 2.24) is 20.2 Å². The number of nitrogens with zero attached hydrogens (tertiary/aromatic N) is 4. The van der Waals surface area contributed by atoms with E-state index in [0.29, 0.717) is 11.6 Å². The molecule has 132 valence electrons.